The van der Waals surface area contributed by atoms with Crippen molar-refractivity contribution in [3.63, 3.8) is 0 Å². The molecule has 0 radical (unpaired) electrons. The number of nitrogens with one attached hydrogen (secondary N) is 2. The Bertz CT molecular complexity index is 74.9. The van der Waals surface area contributed by atoms with Gasteiger partial charge < -0.3 is 5.73 Å². The molecule has 0 bridgehead atoms. The highest BCUT2D eigenvalue weighted by Gasteiger charge is 1.80. The van der Waals surface area contributed by atoms with Crippen LogP contribution >= 0.6 is 24.8 Å². The molecule has 0 aliphatic heterocycles. The van der Waals surface area contributed by atoms with Gasteiger partial charge >= 0.3 is 0 Å². The Morgan fingerprint density at radius 3 is 2.75 bits per heavy atom. The number of thiocarbonyl (C=S) groups is 1. The Balaban J connectivity index is 2.82. The fraction of sp³-hybridized carbons (Fsp3) is 0.667. The van der Waals surface area contributed by atoms with Crippen molar-refractivity contribution in [1.82, 2.24) is 10.9 Å². The molecule has 0 saturated heterocycles. The molecule has 0 unspecified atom stereocenters. The molecule has 0 fully saturated rings. The SMILES string of the molecule is NC(=S)NNCCS. The van der Waals surface area contributed by atoms with Crippen LogP contribution in [-0.2, 0) is 0 Å². The maximum Gasteiger partial charge on any atom is 0.178 e. The van der Waals surface area contributed by atoms with Gasteiger partial charge in [-0.3, -0.25) is 5.43 Å². The molecule has 4 N–H and O–H groups in total. The minimum absolute atomic E-state index is 0.256. The zero-order valence-corrected chi connectivity index (χ0v) is 6.06. The van der Waals surface area contributed by atoms with Crippen molar-refractivity contribution in [2.24, 2.45) is 5.73 Å². The minimum atomic E-state index is 0.256. The third-order valence-electron chi connectivity index (χ3n) is 0.448. The van der Waals surface area contributed by atoms with Crippen LogP contribution in [0.2, 0.25) is 0 Å². The van der Waals surface area contributed by atoms with E-state index in [2.05, 4.69) is 35.7 Å². The first-order valence-corrected chi connectivity index (χ1v) is 3.20. The quantitative estimate of drug-likeness (QED) is 0.186. The van der Waals surface area contributed by atoms with Gasteiger partial charge in [-0.05, 0) is 12.2 Å². The first-order valence-electron chi connectivity index (χ1n) is 2.16. The smallest absolute Gasteiger partial charge is 0.178 e. The summed E-state index contributed by atoms with van der Waals surface area (Å²) >= 11 is 8.42. The van der Waals surface area contributed by atoms with E-state index in [1.54, 1.807) is 0 Å². The van der Waals surface area contributed by atoms with Crippen molar-refractivity contribution in [3.05, 3.63) is 0 Å². The maximum absolute atomic E-state index is 5.07. The van der Waals surface area contributed by atoms with E-state index in [0.717, 1.165) is 12.3 Å². The van der Waals surface area contributed by atoms with Gasteiger partial charge in [-0.15, -0.1) is 0 Å². The molecule has 8 heavy (non-hydrogen) atoms. The van der Waals surface area contributed by atoms with E-state index in [1.165, 1.54) is 0 Å². The average Bonchev–Trinajstić information content (AvgIpc) is 1.66. The number of thiol groups is 1. The predicted octanol–water partition coefficient (Wildman–Crippen LogP) is -0.746. The number of hydrogen-bond acceptors (Lipinski definition) is 3. The molecule has 0 spiro atoms. The molecule has 0 saturated carbocycles. The van der Waals surface area contributed by atoms with E-state index in [1.807, 2.05) is 0 Å². The van der Waals surface area contributed by atoms with Crippen molar-refractivity contribution in [1.29, 1.82) is 0 Å². The topological polar surface area (TPSA) is 50.1 Å². The summed E-state index contributed by atoms with van der Waals surface area (Å²) in [6, 6.07) is 0. The van der Waals surface area contributed by atoms with Crippen LogP contribution in [0.4, 0.5) is 0 Å². The minimum Gasteiger partial charge on any atom is -0.375 e. The van der Waals surface area contributed by atoms with Crippen LogP contribution in [0.15, 0.2) is 0 Å². The van der Waals surface area contributed by atoms with E-state index in [-0.39, 0.29) is 5.11 Å². The molecular weight excluding hydrogens is 142 g/mol. The van der Waals surface area contributed by atoms with E-state index < -0.39 is 0 Å². The molecule has 0 amide bonds. The van der Waals surface area contributed by atoms with Crippen LogP contribution in [0.3, 0.4) is 0 Å². The summed E-state index contributed by atoms with van der Waals surface area (Å²) in [5.74, 6) is 0.760. The average molecular weight is 151 g/mol. The van der Waals surface area contributed by atoms with Gasteiger partial charge in [0.25, 0.3) is 0 Å². The Morgan fingerprint density at radius 1 is 1.75 bits per heavy atom. The molecule has 0 rings (SSSR count). The molecular formula is C3H9N3S2. The van der Waals surface area contributed by atoms with Gasteiger partial charge in [0.2, 0.25) is 0 Å². The number of rotatable bonds is 3. The normalized spacial score (nSPS) is 8.62. The summed E-state index contributed by atoms with van der Waals surface area (Å²) in [4.78, 5) is 0. The number of hydrazine groups is 1. The molecule has 48 valence electrons. The lowest BCUT2D eigenvalue weighted by Gasteiger charge is -2.01. The maximum atomic E-state index is 5.07. The lowest BCUT2D eigenvalue weighted by atomic mass is 10.8. The molecule has 0 aliphatic carbocycles. The van der Waals surface area contributed by atoms with Crippen molar-refractivity contribution in [3.8, 4) is 0 Å². The highest BCUT2D eigenvalue weighted by molar-refractivity contribution is 7.80. The summed E-state index contributed by atoms with van der Waals surface area (Å²) < 4.78 is 0. The summed E-state index contributed by atoms with van der Waals surface area (Å²) in [5.41, 5.74) is 10.4. The molecule has 5 heteroatoms. The van der Waals surface area contributed by atoms with Crippen molar-refractivity contribution >= 4 is 30.0 Å². The summed E-state index contributed by atoms with van der Waals surface area (Å²) in [5, 5.41) is 0.256. The van der Waals surface area contributed by atoms with E-state index in [9.17, 15) is 0 Å². The third-order valence-corrected chi connectivity index (χ3v) is 0.774. The molecule has 0 aromatic carbocycles. The fourth-order valence-corrected chi connectivity index (χ4v) is 0.389. The highest BCUT2D eigenvalue weighted by Crippen LogP contribution is 1.64. The van der Waals surface area contributed by atoms with Gasteiger partial charge in [0.1, 0.15) is 0 Å². The summed E-state index contributed by atoms with van der Waals surface area (Å²) in [7, 11) is 0. The van der Waals surface area contributed by atoms with E-state index in [4.69, 9.17) is 5.73 Å². The van der Waals surface area contributed by atoms with Gasteiger partial charge in [0.05, 0.1) is 0 Å². The largest absolute Gasteiger partial charge is 0.375 e. The molecule has 0 aromatic rings. The highest BCUT2D eigenvalue weighted by atomic mass is 32.1. The van der Waals surface area contributed by atoms with E-state index >= 15 is 0 Å². The van der Waals surface area contributed by atoms with Crippen LogP contribution in [0.5, 0.6) is 0 Å². The second-order valence-electron chi connectivity index (χ2n) is 1.14. The van der Waals surface area contributed by atoms with Crippen LogP contribution in [0.1, 0.15) is 0 Å². The van der Waals surface area contributed by atoms with Gasteiger partial charge in [-0.1, -0.05) is 0 Å². The van der Waals surface area contributed by atoms with Crippen LogP contribution in [0, 0.1) is 0 Å². The Labute approximate surface area is 59.4 Å². The first kappa shape index (κ1) is 8.00. The molecule has 0 atom stereocenters. The van der Waals surface area contributed by atoms with Crippen LogP contribution < -0.4 is 16.6 Å². The Hall–Kier alpha value is -0.0000000000000000555. The third kappa shape index (κ3) is 6.00. The van der Waals surface area contributed by atoms with Gasteiger partial charge in [-0.2, -0.15) is 12.6 Å². The molecule has 0 heterocycles. The molecule has 0 aliphatic rings. The summed E-state index contributed by atoms with van der Waals surface area (Å²) in [6.07, 6.45) is 0. The zero-order chi connectivity index (χ0) is 6.41. The molecule has 3 nitrogen and oxygen atoms in total. The summed E-state index contributed by atoms with van der Waals surface area (Å²) in [6.45, 7) is 0.750. The Kier molecular flexibility index (Phi) is 5.14. The predicted molar refractivity (Wildman–Crippen MR) is 41.8 cm³/mol. The van der Waals surface area contributed by atoms with Crippen molar-refractivity contribution in [2.75, 3.05) is 12.3 Å². The molecule has 0 aromatic heterocycles. The number of nitrogens with two attached hydrogens (primary N) is 1. The number of hydrogen-bond donors (Lipinski definition) is 4. The van der Waals surface area contributed by atoms with Crippen LogP contribution in [-0.4, -0.2) is 17.4 Å². The monoisotopic (exact) mass is 151 g/mol. The Morgan fingerprint density at radius 2 is 2.38 bits per heavy atom. The second kappa shape index (κ2) is 5.14. The van der Waals surface area contributed by atoms with Crippen molar-refractivity contribution < 1.29 is 0 Å². The lowest BCUT2D eigenvalue weighted by Crippen LogP contribution is -2.41. The fourth-order valence-electron chi connectivity index (χ4n) is 0.206. The van der Waals surface area contributed by atoms with Crippen molar-refractivity contribution in [2.45, 2.75) is 0 Å². The van der Waals surface area contributed by atoms with Gasteiger partial charge in [-0.25, -0.2) is 5.43 Å². The first-order chi connectivity index (χ1) is 3.77. The van der Waals surface area contributed by atoms with Crippen LogP contribution in [0.25, 0.3) is 0 Å². The standard InChI is InChI=1S/C3H9N3S2/c4-3(8)6-5-1-2-7/h5,7H,1-2H2,(H3,4,6,8). The lowest BCUT2D eigenvalue weighted by molar-refractivity contribution is 0.693. The van der Waals surface area contributed by atoms with E-state index in [0.29, 0.717) is 0 Å². The van der Waals surface area contributed by atoms with Gasteiger partial charge in [0.15, 0.2) is 5.11 Å². The van der Waals surface area contributed by atoms with Gasteiger partial charge in [0, 0.05) is 12.3 Å². The zero-order valence-electron chi connectivity index (χ0n) is 4.35. The second-order valence-corrected chi connectivity index (χ2v) is 2.03.